The number of piperidine rings is 1. The number of ether oxygens (including phenoxy) is 2. The Morgan fingerprint density at radius 1 is 1.32 bits per heavy atom. The zero-order valence-electron chi connectivity index (χ0n) is 16.1. The average molecular weight is 413 g/mol. The van der Waals surface area contributed by atoms with Crippen LogP contribution < -0.4 is 0 Å². The number of carbonyl (C=O) groups excluding carboxylic acids is 1. The molecular formula is C19H28N2O6S. The van der Waals surface area contributed by atoms with Crippen LogP contribution in [0.2, 0.25) is 0 Å². The summed E-state index contributed by atoms with van der Waals surface area (Å²) in [6, 6.07) is 9.08. The van der Waals surface area contributed by atoms with E-state index < -0.39 is 21.5 Å². The van der Waals surface area contributed by atoms with Gasteiger partial charge in [0.15, 0.2) is 0 Å². The van der Waals surface area contributed by atoms with Gasteiger partial charge in [-0.25, -0.2) is 13.2 Å². The van der Waals surface area contributed by atoms with Crippen LogP contribution in [-0.4, -0.2) is 80.6 Å². The Morgan fingerprint density at radius 2 is 2.07 bits per heavy atom. The first-order valence-corrected chi connectivity index (χ1v) is 11.1. The Morgan fingerprint density at radius 3 is 2.75 bits per heavy atom. The molecule has 1 amide bonds. The van der Waals surface area contributed by atoms with Gasteiger partial charge < -0.3 is 19.5 Å². The quantitative estimate of drug-likeness (QED) is 0.751. The topological polar surface area (TPSA) is 96.4 Å². The number of amides is 1. The van der Waals surface area contributed by atoms with Gasteiger partial charge in [-0.3, -0.25) is 0 Å². The Hall–Kier alpha value is -1.68. The summed E-state index contributed by atoms with van der Waals surface area (Å²) >= 11 is 0. The molecule has 2 fully saturated rings. The molecule has 0 saturated carbocycles. The molecular weight excluding hydrogens is 384 g/mol. The van der Waals surface area contributed by atoms with Crippen LogP contribution in [0.3, 0.4) is 0 Å². The SMILES string of the molecule is COCCN1[C@H]2CCN(C(=O)OCc3ccccc3)C[C@]2(CO)CCS1(=O)=O. The number of carbonyl (C=O) groups is 1. The fourth-order valence-corrected chi connectivity index (χ4v) is 6.13. The maximum atomic E-state index is 12.6. The molecule has 156 valence electrons. The molecule has 0 aliphatic carbocycles. The number of aliphatic hydroxyl groups excluding tert-OH is 1. The third kappa shape index (κ3) is 4.32. The second-order valence-corrected chi connectivity index (χ2v) is 9.50. The Bertz CT molecular complexity index is 772. The van der Waals surface area contributed by atoms with Gasteiger partial charge >= 0.3 is 6.09 Å². The first kappa shape index (κ1) is 21.0. The number of aliphatic hydroxyl groups is 1. The molecule has 2 aliphatic heterocycles. The van der Waals surface area contributed by atoms with E-state index in [2.05, 4.69) is 0 Å². The minimum atomic E-state index is -3.39. The van der Waals surface area contributed by atoms with Gasteiger partial charge in [0.2, 0.25) is 10.0 Å². The van der Waals surface area contributed by atoms with Crippen molar-refractivity contribution in [3.63, 3.8) is 0 Å². The lowest BCUT2D eigenvalue weighted by molar-refractivity contribution is -0.0358. The van der Waals surface area contributed by atoms with Crippen molar-refractivity contribution in [3.05, 3.63) is 35.9 Å². The van der Waals surface area contributed by atoms with Gasteiger partial charge in [0.05, 0.1) is 19.0 Å². The molecule has 0 unspecified atom stereocenters. The highest BCUT2D eigenvalue weighted by Gasteiger charge is 2.53. The average Bonchev–Trinajstić information content (AvgIpc) is 2.71. The highest BCUT2D eigenvalue weighted by molar-refractivity contribution is 7.89. The molecule has 1 aromatic rings. The van der Waals surface area contributed by atoms with Crippen LogP contribution >= 0.6 is 0 Å². The summed E-state index contributed by atoms with van der Waals surface area (Å²) in [4.78, 5) is 14.1. The minimum Gasteiger partial charge on any atom is -0.445 e. The van der Waals surface area contributed by atoms with Crippen molar-refractivity contribution in [3.8, 4) is 0 Å². The molecule has 28 heavy (non-hydrogen) atoms. The second-order valence-electron chi connectivity index (χ2n) is 7.46. The summed E-state index contributed by atoms with van der Waals surface area (Å²) < 4.78 is 37.1. The van der Waals surface area contributed by atoms with Gasteiger partial charge in [-0.2, -0.15) is 4.31 Å². The van der Waals surface area contributed by atoms with Crippen molar-refractivity contribution in [1.29, 1.82) is 0 Å². The summed E-state index contributed by atoms with van der Waals surface area (Å²) in [5, 5.41) is 10.2. The number of benzene rings is 1. The van der Waals surface area contributed by atoms with Crippen LogP contribution in [0.25, 0.3) is 0 Å². The second kappa shape index (κ2) is 8.77. The highest BCUT2D eigenvalue weighted by Crippen LogP contribution is 2.42. The van der Waals surface area contributed by atoms with E-state index in [0.717, 1.165) is 5.56 Å². The van der Waals surface area contributed by atoms with Crippen LogP contribution in [0, 0.1) is 5.41 Å². The van der Waals surface area contributed by atoms with Crippen molar-refractivity contribution in [2.45, 2.75) is 25.5 Å². The summed E-state index contributed by atoms with van der Waals surface area (Å²) in [5.41, 5.74) is 0.223. The van der Waals surface area contributed by atoms with E-state index in [-0.39, 0.29) is 38.1 Å². The number of fused-ring (bicyclic) bond motifs is 1. The van der Waals surface area contributed by atoms with Gasteiger partial charge in [0, 0.05) is 38.2 Å². The van der Waals surface area contributed by atoms with Gasteiger partial charge in [-0.05, 0) is 18.4 Å². The third-order valence-electron chi connectivity index (χ3n) is 5.74. The molecule has 8 nitrogen and oxygen atoms in total. The fourth-order valence-electron chi connectivity index (χ4n) is 4.16. The summed E-state index contributed by atoms with van der Waals surface area (Å²) in [6.07, 6.45) is 0.346. The molecule has 9 heteroatoms. The monoisotopic (exact) mass is 412 g/mol. The van der Waals surface area contributed by atoms with E-state index in [9.17, 15) is 18.3 Å². The van der Waals surface area contributed by atoms with Crippen molar-refractivity contribution >= 4 is 16.1 Å². The number of hydrogen-bond acceptors (Lipinski definition) is 6. The molecule has 1 aromatic carbocycles. The molecule has 0 aromatic heterocycles. The van der Waals surface area contributed by atoms with Crippen molar-refractivity contribution in [2.24, 2.45) is 5.41 Å². The molecule has 0 radical (unpaired) electrons. The maximum Gasteiger partial charge on any atom is 0.410 e. The minimum absolute atomic E-state index is 0.0410. The zero-order chi connectivity index (χ0) is 20.2. The van der Waals surface area contributed by atoms with Crippen LogP contribution in [0.5, 0.6) is 0 Å². The Kier molecular flexibility index (Phi) is 6.59. The van der Waals surface area contributed by atoms with E-state index >= 15 is 0 Å². The zero-order valence-corrected chi connectivity index (χ0v) is 16.9. The molecule has 2 atom stereocenters. The maximum absolute atomic E-state index is 12.6. The predicted octanol–water partition coefficient (Wildman–Crippen LogP) is 1.06. The first-order valence-electron chi connectivity index (χ1n) is 9.47. The van der Waals surface area contributed by atoms with Crippen molar-refractivity contribution in [2.75, 3.05) is 45.7 Å². The molecule has 3 rings (SSSR count). The number of sulfonamides is 1. The largest absolute Gasteiger partial charge is 0.445 e. The standard InChI is InChI=1S/C19H28N2O6S/c1-26-11-10-21-17-7-9-20(14-19(17,15-22)8-12-28(21,24)25)18(23)27-13-16-5-3-2-4-6-16/h2-6,17,22H,7-15H2,1H3/t17-,19-/m0/s1. The van der Waals surface area contributed by atoms with Gasteiger partial charge in [0.1, 0.15) is 6.61 Å². The van der Waals surface area contributed by atoms with Crippen LogP contribution in [0.4, 0.5) is 4.79 Å². The predicted molar refractivity (Wildman–Crippen MR) is 103 cm³/mol. The summed E-state index contributed by atoms with van der Waals surface area (Å²) in [5.74, 6) is -0.0410. The van der Waals surface area contributed by atoms with E-state index in [1.165, 1.54) is 11.4 Å². The smallest absolute Gasteiger partial charge is 0.410 e. The van der Waals surface area contributed by atoms with E-state index in [4.69, 9.17) is 9.47 Å². The lowest BCUT2D eigenvalue weighted by Gasteiger charge is -2.53. The molecule has 0 spiro atoms. The van der Waals surface area contributed by atoms with Crippen LogP contribution in [0.15, 0.2) is 30.3 Å². The Labute approximate surface area is 166 Å². The lowest BCUT2D eigenvalue weighted by Crippen LogP contribution is -2.65. The van der Waals surface area contributed by atoms with Crippen molar-refractivity contribution < 1.29 is 27.8 Å². The first-order chi connectivity index (χ1) is 13.4. The van der Waals surface area contributed by atoms with Crippen LogP contribution in [0.1, 0.15) is 18.4 Å². The molecule has 1 N–H and O–H groups in total. The normalized spacial score (nSPS) is 27.2. The van der Waals surface area contributed by atoms with Gasteiger partial charge in [-0.15, -0.1) is 0 Å². The molecule has 0 bridgehead atoms. The Balaban J connectivity index is 1.70. The van der Waals surface area contributed by atoms with Gasteiger partial charge in [-0.1, -0.05) is 30.3 Å². The molecule has 2 aliphatic rings. The summed E-state index contributed by atoms with van der Waals surface area (Å²) in [7, 11) is -1.86. The lowest BCUT2D eigenvalue weighted by atomic mass is 9.73. The summed E-state index contributed by atoms with van der Waals surface area (Å²) in [6.45, 7) is 1.21. The molecule has 2 heterocycles. The van der Waals surface area contributed by atoms with E-state index in [1.54, 1.807) is 4.90 Å². The number of methoxy groups -OCH3 is 1. The fraction of sp³-hybridized carbons (Fsp3) is 0.632. The van der Waals surface area contributed by atoms with Crippen LogP contribution in [-0.2, 0) is 26.1 Å². The van der Waals surface area contributed by atoms with E-state index in [1.807, 2.05) is 30.3 Å². The van der Waals surface area contributed by atoms with Gasteiger partial charge in [0.25, 0.3) is 0 Å². The van der Waals surface area contributed by atoms with E-state index in [0.29, 0.717) is 26.0 Å². The highest BCUT2D eigenvalue weighted by atomic mass is 32.2. The molecule has 2 saturated heterocycles. The number of rotatable bonds is 6. The van der Waals surface area contributed by atoms with Crippen molar-refractivity contribution in [1.82, 2.24) is 9.21 Å². The number of hydrogen-bond donors (Lipinski definition) is 1. The number of nitrogens with zero attached hydrogens (tertiary/aromatic N) is 2. The number of likely N-dealkylation sites (tertiary alicyclic amines) is 1. The third-order valence-corrected chi connectivity index (χ3v) is 7.61.